The Morgan fingerprint density at radius 2 is 1.75 bits per heavy atom. The fraction of sp³-hybridized carbons (Fsp3) is 0.0714. The summed E-state index contributed by atoms with van der Waals surface area (Å²) in [5.41, 5.74) is 7.37. The summed E-state index contributed by atoms with van der Waals surface area (Å²) in [6.45, 7) is 0. The lowest BCUT2D eigenvalue weighted by Crippen LogP contribution is -2.27. The predicted octanol–water partition coefficient (Wildman–Crippen LogP) is 4.61. The van der Waals surface area contributed by atoms with Crippen molar-refractivity contribution in [3.8, 4) is 0 Å². The number of hydrogen-bond acceptors (Lipinski definition) is 2. The Labute approximate surface area is 135 Å². The fourth-order valence-corrected chi connectivity index (χ4v) is 2.51. The van der Waals surface area contributed by atoms with Gasteiger partial charge in [-0.05, 0) is 52.3 Å². The smallest absolute Gasteiger partial charge is 0.259 e. The van der Waals surface area contributed by atoms with Crippen LogP contribution >= 0.6 is 39.1 Å². The summed E-state index contributed by atoms with van der Waals surface area (Å²) in [4.78, 5) is 14.0. The van der Waals surface area contributed by atoms with Gasteiger partial charge in [-0.2, -0.15) is 0 Å². The van der Waals surface area contributed by atoms with E-state index in [1.54, 1.807) is 43.4 Å². The Bertz CT molecular complexity index is 676. The second-order valence-corrected chi connectivity index (χ2v) is 5.92. The highest BCUT2D eigenvalue weighted by molar-refractivity contribution is 9.10. The number of rotatable bonds is 2. The van der Waals surface area contributed by atoms with E-state index in [1.807, 2.05) is 0 Å². The third-order valence-corrected chi connectivity index (χ3v) is 3.98. The first-order valence-corrected chi connectivity index (χ1v) is 7.23. The maximum Gasteiger partial charge on any atom is 0.259 e. The minimum absolute atomic E-state index is 0.228. The molecule has 0 radical (unpaired) electrons. The molecule has 2 aromatic carbocycles. The summed E-state index contributed by atoms with van der Waals surface area (Å²) in [6.07, 6.45) is 0. The fourth-order valence-electron chi connectivity index (χ4n) is 1.76. The quantitative estimate of drug-likeness (QED) is 0.781. The van der Waals surface area contributed by atoms with Crippen molar-refractivity contribution in [2.45, 2.75) is 0 Å². The largest absolute Gasteiger partial charge is 0.397 e. The van der Waals surface area contributed by atoms with Gasteiger partial charge < -0.3 is 10.6 Å². The summed E-state index contributed by atoms with van der Waals surface area (Å²) in [7, 11) is 1.64. The molecule has 0 unspecified atom stereocenters. The van der Waals surface area contributed by atoms with Gasteiger partial charge in [-0.3, -0.25) is 4.79 Å². The summed E-state index contributed by atoms with van der Waals surface area (Å²) >= 11 is 15.2. The molecule has 0 bridgehead atoms. The van der Waals surface area contributed by atoms with Crippen LogP contribution in [0.3, 0.4) is 0 Å². The predicted molar refractivity (Wildman–Crippen MR) is 87.7 cm³/mol. The van der Waals surface area contributed by atoms with E-state index < -0.39 is 0 Å². The van der Waals surface area contributed by atoms with Crippen LogP contribution in [0.4, 0.5) is 11.4 Å². The van der Waals surface area contributed by atoms with Crippen LogP contribution < -0.4 is 10.6 Å². The first kappa shape index (κ1) is 15.2. The Kier molecular flexibility index (Phi) is 4.58. The van der Waals surface area contributed by atoms with Gasteiger partial charge in [-0.1, -0.05) is 23.2 Å². The molecular weight excluding hydrogens is 363 g/mol. The molecule has 1 amide bonds. The van der Waals surface area contributed by atoms with E-state index >= 15 is 0 Å². The minimum Gasteiger partial charge on any atom is -0.397 e. The molecular formula is C14H11BrCl2N2O. The van der Waals surface area contributed by atoms with E-state index in [1.165, 1.54) is 4.90 Å². The van der Waals surface area contributed by atoms with Crippen LogP contribution in [0.1, 0.15) is 10.4 Å². The Balaban J connectivity index is 2.42. The zero-order valence-electron chi connectivity index (χ0n) is 10.5. The van der Waals surface area contributed by atoms with Crippen molar-refractivity contribution in [3.63, 3.8) is 0 Å². The van der Waals surface area contributed by atoms with Crippen molar-refractivity contribution in [2.24, 2.45) is 0 Å². The van der Waals surface area contributed by atoms with Gasteiger partial charge in [-0.25, -0.2) is 0 Å². The molecule has 0 aliphatic carbocycles. The lowest BCUT2D eigenvalue weighted by atomic mass is 10.1. The maximum atomic E-state index is 12.5. The van der Waals surface area contributed by atoms with E-state index in [9.17, 15) is 4.79 Å². The highest BCUT2D eigenvalue weighted by atomic mass is 79.9. The Hall–Kier alpha value is -1.23. The van der Waals surface area contributed by atoms with Gasteiger partial charge in [0.2, 0.25) is 0 Å². The molecule has 0 fully saturated rings. The topological polar surface area (TPSA) is 46.3 Å². The molecule has 0 spiro atoms. The number of hydrogen-bond donors (Lipinski definition) is 1. The van der Waals surface area contributed by atoms with Gasteiger partial charge in [0.1, 0.15) is 0 Å². The summed E-state index contributed by atoms with van der Waals surface area (Å²) in [6, 6.07) is 10.0. The summed E-state index contributed by atoms with van der Waals surface area (Å²) < 4.78 is 0.666. The average Bonchev–Trinajstić information content (AvgIpc) is 2.42. The number of carbonyl (C=O) groups is 1. The lowest BCUT2D eigenvalue weighted by Gasteiger charge is -2.20. The highest BCUT2D eigenvalue weighted by Crippen LogP contribution is 2.29. The van der Waals surface area contributed by atoms with Gasteiger partial charge >= 0.3 is 0 Å². The summed E-state index contributed by atoms with van der Waals surface area (Å²) in [5, 5.41) is 1.00. The normalized spacial score (nSPS) is 10.4. The molecule has 0 aromatic heterocycles. The number of benzene rings is 2. The second kappa shape index (κ2) is 6.04. The van der Waals surface area contributed by atoms with Crippen molar-refractivity contribution in [1.82, 2.24) is 0 Å². The van der Waals surface area contributed by atoms with Gasteiger partial charge in [0.25, 0.3) is 5.91 Å². The minimum atomic E-state index is -0.228. The number of nitrogens with zero attached hydrogens (tertiary/aromatic N) is 1. The first-order valence-electron chi connectivity index (χ1n) is 5.68. The van der Waals surface area contributed by atoms with Gasteiger partial charge in [-0.15, -0.1) is 0 Å². The van der Waals surface area contributed by atoms with Crippen LogP contribution in [0.25, 0.3) is 0 Å². The molecule has 0 aliphatic heterocycles. The number of anilines is 2. The molecule has 104 valence electrons. The molecule has 0 saturated heterocycles. The molecule has 2 N–H and O–H groups in total. The highest BCUT2D eigenvalue weighted by Gasteiger charge is 2.18. The van der Waals surface area contributed by atoms with Crippen molar-refractivity contribution in [1.29, 1.82) is 0 Å². The molecule has 2 aromatic rings. The first-order chi connectivity index (χ1) is 9.40. The molecule has 0 saturated carbocycles. The second-order valence-electron chi connectivity index (χ2n) is 4.19. The standard InChI is InChI=1S/C14H11BrCl2N2O/c1-19(13-7-9(17)3-5-12(13)18)14(20)10-6-8(16)2-4-11(10)15/h2-7H,18H2,1H3. The number of nitrogen functional groups attached to an aromatic ring is 1. The Morgan fingerprint density at radius 1 is 1.15 bits per heavy atom. The van der Waals surface area contributed by atoms with E-state index in [-0.39, 0.29) is 5.91 Å². The molecule has 0 heterocycles. The van der Waals surface area contributed by atoms with Crippen LogP contribution in [0.2, 0.25) is 10.0 Å². The van der Waals surface area contributed by atoms with E-state index in [4.69, 9.17) is 28.9 Å². The average molecular weight is 374 g/mol. The van der Waals surface area contributed by atoms with Crippen molar-refractivity contribution < 1.29 is 4.79 Å². The van der Waals surface area contributed by atoms with Crippen LogP contribution in [-0.4, -0.2) is 13.0 Å². The molecule has 0 aliphatic rings. The van der Waals surface area contributed by atoms with Crippen LogP contribution in [-0.2, 0) is 0 Å². The number of amides is 1. The maximum absolute atomic E-state index is 12.5. The van der Waals surface area contributed by atoms with Crippen molar-refractivity contribution in [2.75, 3.05) is 17.7 Å². The van der Waals surface area contributed by atoms with E-state index in [2.05, 4.69) is 15.9 Å². The van der Waals surface area contributed by atoms with Gasteiger partial charge in [0, 0.05) is 21.6 Å². The van der Waals surface area contributed by atoms with Crippen LogP contribution in [0, 0.1) is 0 Å². The van der Waals surface area contributed by atoms with Crippen molar-refractivity contribution in [3.05, 3.63) is 56.5 Å². The van der Waals surface area contributed by atoms with Crippen LogP contribution in [0.15, 0.2) is 40.9 Å². The third-order valence-electron chi connectivity index (χ3n) is 2.82. The van der Waals surface area contributed by atoms with Gasteiger partial charge in [0.05, 0.1) is 16.9 Å². The summed E-state index contributed by atoms with van der Waals surface area (Å²) in [5.74, 6) is -0.228. The molecule has 2 rings (SSSR count). The molecule has 3 nitrogen and oxygen atoms in total. The Morgan fingerprint density at radius 3 is 2.45 bits per heavy atom. The lowest BCUT2D eigenvalue weighted by molar-refractivity contribution is 0.0992. The molecule has 6 heteroatoms. The number of halogens is 3. The van der Waals surface area contributed by atoms with Crippen LogP contribution in [0.5, 0.6) is 0 Å². The third kappa shape index (κ3) is 3.08. The van der Waals surface area contributed by atoms with Gasteiger partial charge in [0.15, 0.2) is 0 Å². The van der Waals surface area contributed by atoms with E-state index in [0.717, 1.165) is 0 Å². The SMILES string of the molecule is CN(C(=O)c1cc(Cl)ccc1Br)c1cc(Cl)ccc1N. The molecule has 20 heavy (non-hydrogen) atoms. The van der Waals surface area contributed by atoms with E-state index in [0.29, 0.717) is 31.5 Å². The zero-order chi connectivity index (χ0) is 14.9. The van der Waals surface area contributed by atoms with Crippen molar-refractivity contribution >= 4 is 56.4 Å². The molecule has 0 atom stereocenters. The number of carbonyl (C=O) groups excluding carboxylic acids is 1. The zero-order valence-corrected chi connectivity index (χ0v) is 13.6. The number of nitrogens with two attached hydrogens (primary N) is 1. The monoisotopic (exact) mass is 372 g/mol.